The van der Waals surface area contributed by atoms with Crippen molar-refractivity contribution in [2.24, 2.45) is 5.92 Å². The average Bonchev–Trinajstić information content (AvgIpc) is 2.85. The molecule has 0 saturated carbocycles. The molecule has 0 aliphatic carbocycles. The molecule has 1 aliphatic rings. The van der Waals surface area contributed by atoms with Crippen LogP contribution in [-0.2, 0) is 4.74 Å². The Kier molecular flexibility index (Phi) is 3.76. The van der Waals surface area contributed by atoms with E-state index in [1.165, 1.54) is 18.2 Å². The molecule has 18 heavy (non-hydrogen) atoms. The third-order valence-corrected chi connectivity index (χ3v) is 3.23. The van der Waals surface area contributed by atoms with Crippen molar-refractivity contribution in [2.75, 3.05) is 18.5 Å². The summed E-state index contributed by atoms with van der Waals surface area (Å²) in [5.41, 5.74) is -0.275. The summed E-state index contributed by atoms with van der Waals surface area (Å²) in [4.78, 5) is 10.3. The molecule has 1 heterocycles. The van der Waals surface area contributed by atoms with Crippen molar-refractivity contribution in [1.82, 2.24) is 0 Å². The Balaban J connectivity index is 2.19. The molecule has 98 valence electrons. The lowest BCUT2D eigenvalue weighted by Gasteiger charge is -2.20. The third kappa shape index (κ3) is 2.59. The second-order valence-electron chi connectivity index (χ2n) is 4.45. The number of nitrogens with one attached hydrogen (secondary N) is 1. The van der Waals surface area contributed by atoms with Gasteiger partial charge in [-0.1, -0.05) is 6.07 Å². The van der Waals surface area contributed by atoms with Crippen LogP contribution in [0.15, 0.2) is 18.2 Å². The van der Waals surface area contributed by atoms with Gasteiger partial charge in [-0.05, 0) is 19.4 Å². The fourth-order valence-corrected chi connectivity index (χ4v) is 2.10. The Morgan fingerprint density at radius 3 is 3.00 bits per heavy atom. The predicted molar refractivity (Wildman–Crippen MR) is 65.1 cm³/mol. The lowest BCUT2D eigenvalue weighted by atomic mass is 10.0. The summed E-state index contributed by atoms with van der Waals surface area (Å²) in [5.74, 6) is -0.348. The van der Waals surface area contributed by atoms with Crippen LogP contribution >= 0.6 is 0 Å². The van der Waals surface area contributed by atoms with Gasteiger partial charge in [0.05, 0.1) is 11.5 Å². The molecule has 0 aromatic heterocycles. The number of nitro groups is 1. The van der Waals surface area contributed by atoms with E-state index >= 15 is 0 Å². The molecule has 2 unspecified atom stereocenters. The Bertz CT molecular complexity index is 447. The second-order valence-corrected chi connectivity index (χ2v) is 4.45. The molecule has 6 heteroatoms. The summed E-state index contributed by atoms with van der Waals surface area (Å²) >= 11 is 0. The maximum absolute atomic E-state index is 13.7. The van der Waals surface area contributed by atoms with Gasteiger partial charge in [0.2, 0.25) is 0 Å². The van der Waals surface area contributed by atoms with Crippen LogP contribution in [0.1, 0.15) is 13.3 Å². The van der Waals surface area contributed by atoms with E-state index in [1.54, 1.807) is 0 Å². The monoisotopic (exact) mass is 254 g/mol. The number of halogens is 1. The van der Waals surface area contributed by atoms with E-state index in [-0.39, 0.29) is 23.3 Å². The zero-order chi connectivity index (χ0) is 13.1. The van der Waals surface area contributed by atoms with Gasteiger partial charge >= 0.3 is 0 Å². The minimum Gasteiger partial charge on any atom is -0.381 e. The van der Waals surface area contributed by atoms with Gasteiger partial charge in [0, 0.05) is 24.6 Å². The third-order valence-electron chi connectivity index (χ3n) is 3.23. The van der Waals surface area contributed by atoms with Crippen LogP contribution < -0.4 is 5.32 Å². The zero-order valence-corrected chi connectivity index (χ0v) is 10.1. The topological polar surface area (TPSA) is 64.4 Å². The van der Waals surface area contributed by atoms with Gasteiger partial charge in [-0.3, -0.25) is 10.1 Å². The molecule has 1 N–H and O–H groups in total. The molecular formula is C12H15FN2O3. The van der Waals surface area contributed by atoms with E-state index in [9.17, 15) is 14.5 Å². The maximum atomic E-state index is 13.7. The minimum absolute atomic E-state index is 0.0399. The summed E-state index contributed by atoms with van der Waals surface area (Å²) in [6, 6.07) is 3.78. The molecule has 0 spiro atoms. The van der Waals surface area contributed by atoms with Crippen LogP contribution in [0.25, 0.3) is 0 Å². The number of nitrogens with zero attached hydrogens (tertiary/aromatic N) is 1. The van der Waals surface area contributed by atoms with E-state index in [4.69, 9.17) is 4.74 Å². The van der Waals surface area contributed by atoms with Gasteiger partial charge in [-0.15, -0.1) is 0 Å². The van der Waals surface area contributed by atoms with E-state index in [2.05, 4.69) is 5.32 Å². The maximum Gasteiger partial charge on any atom is 0.295 e. The molecule has 1 saturated heterocycles. The van der Waals surface area contributed by atoms with Crippen LogP contribution in [0.5, 0.6) is 0 Å². The second kappa shape index (κ2) is 5.30. The van der Waals surface area contributed by atoms with Gasteiger partial charge in [0.15, 0.2) is 5.82 Å². The van der Waals surface area contributed by atoms with Crippen molar-refractivity contribution >= 4 is 11.4 Å². The quantitative estimate of drug-likeness (QED) is 0.662. The largest absolute Gasteiger partial charge is 0.381 e. The SMILES string of the molecule is CC(Nc1c(F)cccc1[N+](=O)[O-])C1CCOC1. The summed E-state index contributed by atoms with van der Waals surface area (Å²) < 4.78 is 18.9. The molecule has 1 aromatic carbocycles. The Hall–Kier alpha value is -1.69. The van der Waals surface area contributed by atoms with Gasteiger partial charge < -0.3 is 10.1 Å². The summed E-state index contributed by atoms with van der Waals surface area (Å²) in [6.07, 6.45) is 0.885. The first-order valence-electron chi connectivity index (χ1n) is 5.86. The van der Waals surface area contributed by atoms with Crippen molar-refractivity contribution in [1.29, 1.82) is 0 Å². The number of ether oxygens (including phenoxy) is 1. The smallest absolute Gasteiger partial charge is 0.295 e. The molecule has 0 bridgehead atoms. The Morgan fingerprint density at radius 1 is 1.61 bits per heavy atom. The molecule has 2 atom stereocenters. The fourth-order valence-electron chi connectivity index (χ4n) is 2.10. The lowest BCUT2D eigenvalue weighted by molar-refractivity contribution is -0.384. The fraction of sp³-hybridized carbons (Fsp3) is 0.500. The first-order chi connectivity index (χ1) is 8.59. The van der Waals surface area contributed by atoms with Gasteiger partial charge in [0.25, 0.3) is 5.69 Å². The van der Waals surface area contributed by atoms with Crippen LogP contribution in [0.2, 0.25) is 0 Å². The van der Waals surface area contributed by atoms with Crippen molar-refractivity contribution in [3.63, 3.8) is 0 Å². The van der Waals surface area contributed by atoms with Gasteiger partial charge in [-0.25, -0.2) is 4.39 Å². The molecule has 2 rings (SSSR count). The molecule has 0 radical (unpaired) electrons. The van der Waals surface area contributed by atoms with Crippen LogP contribution in [0.4, 0.5) is 15.8 Å². The molecule has 0 amide bonds. The van der Waals surface area contributed by atoms with Crippen LogP contribution in [0, 0.1) is 21.8 Å². The number of hydrogen-bond acceptors (Lipinski definition) is 4. The number of hydrogen-bond donors (Lipinski definition) is 1. The highest BCUT2D eigenvalue weighted by atomic mass is 19.1. The first-order valence-corrected chi connectivity index (χ1v) is 5.86. The zero-order valence-electron chi connectivity index (χ0n) is 10.1. The van der Waals surface area contributed by atoms with Gasteiger partial charge in [-0.2, -0.15) is 0 Å². The van der Waals surface area contributed by atoms with E-state index < -0.39 is 10.7 Å². The predicted octanol–water partition coefficient (Wildman–Crippen LogP) is 2.57. The van der Waals surface area contributed by atoms with Crippen molar-refractivity contribution < 1.29 is 14.1 Å². The highest BCUT2D eigenvalue weighted by Crippen LogP contribution is 2.29. The summed E-state index contributed by atoms with van der Waals surface area (Å²) in [6.45, 7) is 3.18. The first kappa shape index (κ1) is 12.8. The lowest BCUT2D eigenvalue weighted by Crippen LogP contribution is -2.27. The average molecular weight is 254 g/mol. The van der Waals surface area contributed by atoms with E-state index in [0.717, 1.165) is 6.42 Å². The normalized spacial score (nSPS) is 20.7. The number of para-hydroxylation sites is 1. The highest BCUT2D eigenvalue weighted by Gasteiger charge is 2.26. The van der Waals surface area contributed by atoms with Crippen molar-refractivity contribution in [3.05, 3.63) is 34.1 Å². The standard InChI is InChI=1S/C12H15FN2O3/c1-8(9-5-6-18-7-9)14-12-10(13)3-2-4-11(12)15(16)17/h2-4,8-9,14H,5-7H2,1H3. The number of benzene rings is 1. The Labute approximate surface area is 104 Å². The highest BCUT2D eigenvalue weighted by molar-refractivity contribution is 5.62. The molecule has 5 nitrogen and oxygen atoms in total. The molecule has 1 fully saturated rings. The van der Waals surface area contributed by atoms with E-state index in [0.29, 0.717) is 13.2 Å². The number of nitro benzene ring substituents is 1. The summed E-state index contributed by atoms with van der Waals surface area (Å²) in [7, 11) is 0. The van der Waals surface area contributed by atoms with Crippen LogP contribution in [0.3, 0.4) is 0 Å². The number of rotatable bonds is 4. The van der Waals surface area contributed by atoms with E-state index in [1.807, 2.05) is 6.92 Å². The molecule has 1 aromatic rings. The Morgan fingerprint density at radius 2 is 2.39 bits per heavy atom. The van der Waals surface area contributed by atoms with Crippen molar-refractivity contribution in [3.8, 4) is 0 Å². The molecule has 1 aliphatic heterocycles. The minimum atomic E-state index is -0.602. The van der Waals surface area contributed by atoms with Crippen LogP contribution in [-0.4, -0.2) is 24.2 Å². The summed E-state index contributed by atoms with van der Waals surface area (Å²) in [5, 5.41) is 13.8. The molecular weight excluding hydrogens is 239 g/mol. The van der Waals surface area contributed by atoms with Gasteiger partial charge in [0.1, 0.15) is 5.69 Å². The van der Waals surface area contributed by atoms with Crippen molar-refractivity contribution in [2.45, 2.75) is 19.4 Å². The number of anilines is 1.